The van der Waals surface area contributed by atoms with Crippen LogP contribution in [0.1, 0.15) is 31.9 Å². The SMILES string of the molecule is CC(C)(C)N(C(=O)O)C1Cc2ccnc(Cl)c2C1. The average Bonchev–Trinajstić information content (AvgIpc) is 2.59. The third kappa shape index (κ3) is 2.29. The smallest absolute Gasteiger partial charge is 0.408 e. The molecule has 18 heavy (non-hydrogen) atoms. The molecule has 0 saturated carbocycles. The first-order chi connectivity index (χ1) is 8.30. The molecular weight excluding hydrogens is 252 g/mol. The predicted molar refractivity (Wildman–Crippen MR) is 70.1 cm³/mol. The standard InChI is InChI=1S/C13H17ClN2O2/c1-13(2,3)16(12(17)18)9-6-8-4-5-15-11(14)10(8)7-9/h4-5,9H,6-7H2,1-3H3,(H,17,18). The van der Waals surface area contributed by atoms with E-state index < -0.39 is 11.6 Å². The van der Waals surface area contributed by atoms with E-state index in [-0.39, 0.29) is 6.04 Å². The second-order valence-corrected chi connectivity index (χ2v) is 5.98. The van der Waals surface area contributed by atoms with Gasteiger partial charge in [-0.05, 0) is 50.8 Å². The molecular formula is C13H17ClN2O2. The van der Waals surface area contributed by atoms with Crippen LogP contribution in [0.2, 0.25) is 5.15 Å². The first-order valence-electron chi connectivity index (χ1n) is 5.95. The van der Waals surface area contributed by atoms with Crippen molar-refractivity contribution in [3.8, 4) is 0 Å². The van der Waals surface area contributed by atoms with Gasteiger partial charge in [0.15, 0.2) is 0 Å². The maximum atomic E-state index is 11.4. The lowest BCUT2D eigenvalue weighted by Crippen LogP contribution is -2.51. The molecule has 0 radical (unpaired) electrons. The molecule has 98 valence electrons. The van der Waals surface area contributed by atoms with Gasteiger partial charge >= 0.3 is 6.09 Å². The van der Waals surface area contributed by atoms with Gasteiger partial charge in [-0.2, -0.15) is 0 Å². The van der Waals surface area contributed by atoms with Crippen LogP contribution in [-0.4, -0.2) is 32.7 Å². The van der Waals surface area contributed by atoms with Gasteiger partial charge in [-0.1, -0.05) is 11.6 Å². The number of nitrogens with zero attached hydrogens (tertiary/aromatic N) is 2. The number of pyridine rings is 1. The molecule has 1 aromatic rings. The van der Waals surface area contributed by atoms with Gasteiger partial charge in [0.2, 0.25) is 0 Å². The number of fused-ring (bicyclic) bond motifs is 1. The van der Waals surface area contributed by atoms with Crippen LogP contribution in [0.5, 0.6) is 0 Å². The largest absolute Gasteiger partial charge is 0.465 e. The Morgan fingerprint density at radius 3 is 2.67 bits per heavy atom. The van der Waals surface area contributed by atoms with Crippen molar-refractivity contribution in [2.24, 2.45) is 0 Å². The van der Waals surface area contributed by atoms with Crippen LogP contribution in [0.25, 0.3) is 0 Å². The molecule has 0 spiro atoms. The maximum absolute atomic E-state index is 11.4. The van der Waals surface area contributed by atoms with E-state index in [9.17, 15) is 9.90 Å². The molecule has 1 unspecified atom stereocenters. The molecule has 1 aromatic heterocycles. The molecule has 1 amide bonds. The normalized spacial score (nSPS) is 18.6. The van der Waals surface area contributed by atoms with E-state index in [0.717, 1.165) is 11.1 Å². The summed E-state index contributed by atoms with van der Waals surface area (Å²) in [7, 11) is 0. The number of amides is 1. The maximum Gasteiger partial charge on any atom is 0.408 e. The minimum absolute atomic E-state index is 0.0563. The molecule has 1 heterocycles. The van der Waals surface area contributed by atoms with Gasteiger partial charge in [0.1, 0.15) is 5.15 Å². The Morgan fingerprint density at radius 1 is 1.50 bits per heavy atom. The fourth-order valence-corrected chi connectivity index (χ4v) is 2.90. The summed E-state index contributed by atoms with van der Waals surface area (Å²) in [5.41, 5.74) is 1.67. The molecule has 1 aliphatic rings. The third-order valence-corrected chi connectivity index (χ3v) is 3.62. The van der Waals surface area contributed by atoms with E-state index >= 15 is 0 Å². The minimum Gasteiger partial charge on any atom is -0.465 e. The fourth-order valence-electron chi connectivity index (χ4n) is 2.65. The van der Waals surface area contributed by atoms with E-state index in [1.807, 2.05) is 26.8 Å². The van der Waals surface area contributed by atoms with Gasteiger partial charge < -0.3 is 5.11 Å². The van der Waals surface area contributed by atoms with E-state index in [1.54, 1.807) is 6.20 Å². The highest BCUT2D eigenvalue weighted by atomic mass is 35.5. The first kappa shape index (κ1) is 13.1. The highest BCUT2D eigenvalue weighted by molar-refractivity contribution is 6.30. The number of hydrogen-bond donors (Lipinski definition) is 1. The summed E-state index contributed by atoms with van der Waals surface area (Å²) in [4.78, 5) is 17.0. The zero-order valence-corrected chi connectivity index (χ0v) is 11.5. The number of rotatable bonds is 1. The Hall–Kier alpha value is -1.29. The molecule has 1 N–H and O–H groups in total. The lowest BCUT2D eigenvalue weighted by atomic mass is 10.0. The Bertz CT molecular complexity index is 482. The molecule has 2 rings (SSSR count). The Kier molecular flexibility index (Phi) is 3.23. The van der Waals surface area contributed by atoms with Crippen molar-refractivity contribution >= 4 is 17.7 Å². The summed E-state index contributed by atoms with van der Waals surface area (Å²) in [6.07, 6.45) is 2.14. The van der Waals surface area contributed by atoms with Crippen LogP contribution in [0.3, 0.4) is 0 Å². The monoisotopic (exact) mass is 268 g/mol. The Balaban J connectivity index is 2.29. The molecule has 1 aliphatic carbocycles. The highest BCUT2D eigenvalue weighted by Gasteiger charge is 2.37. The Morgan fingerprint density at radius 2 is 2.17 bits per heavy atom. The summed E-state index contributed by atoms with van der Waals surface area (Å²) < 4.78 is 0. The molecule has 0 saturated heterocycles. The summed E-state index contributed by atoms with van der Waals surface area (Å²) in [6, 6.07) is 1.86. The summed E-state index contributed by atoms with van der Waals surface area (Å²) in [5, 5.41) is 9.89. The summed E-state index contributed by atoms with van der Waals surface area (Å²) >= 11 is 6.06. The zero-order chi connectivity index (χ0) is 13.5. The third-order valence-electron chi connectivity index (χ3n) is 3.29. The van der Waals surface area contributed by atoms with Crippen LogP contribution in [-0.2, 0) is 12.8 Å². The lowest BCUT2D eigenvalue weighted by Gasteiger charge is -2.38. The number of aromatic nitrogens is 1. The van der Waals surface area contributed by atoms with Crippen molar-refractivity contribution in [3.63, 3.8) is 0 Å². The zero-order valence-electron chi connectivity index (χ0n) is 10.8. The quantitative estimate of drug-likeness (QED) is 0.797. The van der Waals surface area contributed by atoms with E-state index in [4.69, 9.17) is 11.6 Å². The van der Waals surface area contributed by atoms with Crippen LogP contribution in [0.15, 0.2) is 12.3 Å². The number of carbonyl (C=O) groups is 1. The molecule has 1 atom stereocenters. The summed E-state index contributed by atoms with van der Waals surface area (Å²) in [5.74, 6) is 0. The van der Waals surface area contributed by atoms with E-state index in [2.05, 4.69) is 4.98 Å². The van der Waals surface area contributed by atoms with Gasteiger partial charge in [-0.15, -0.1) is 0 Å². The highest BCUT2D eigenvalue weighted by Crippen LogP contribution is 2.32. The predicted octanol–water partition coefficient (Wildman–Crippen LogP) is 2.98. The van der Waals surface area contributed by atoms with Crippen molar-refractivity contribution in [3.05, 3.63) is 28.5 Å². The van der Waals surface area contributed by atoms with Crippen molar-refractivity contribution in [1.29, 1.82) is 0 Å². The number of halogens is 1. The van der Waals surface area contributed by atoms with Crippen molar-refractivity contribution in [2.45, 2.75) is 45.2 Å². The van der Waals surface area contributed by atoms with Gasteiger partial charge in [0, 0.05) is 17.8 Å². The summed E-state index contributed by atoms with van der Waals surface area (Å²) in [6.45, 7) is 5.72. The van der Waals surface area contributed by atoms with Gasteiger partial charge in [-0.25, -0.2) is 9.78 Å². The molecule has 4 nitrogen and oxygen atoms in total. The van der Waals surface area contributed by atoms with Crippen molar-refractivity contribution < 1.29 is 9.90 Å². The lowest BCUT2D eigenvalue weighted by molar-refractivity contribution is 0.0731. The van der Waals surface area contributed by atoms with E-state index in [0.29, 0.717) is 18.0 Å². The first-order valence-corrected chi connectivity index (χ1v) is 6.33. The molecule has 0 fully saturated rings. The minimum atomic E-state index is -0.885. The molecule has 0 bridgehead atoms. The average molecular weight is 269 g/mol. The fraction of sp³-hybridized carbons (Fsp3) is 0.538. The van der Waals surface area contributed by atoms with Crippen LogP contribution >= 0.6 is 11.6 Å². The van der Waals surface area contributed by atoms with E-state index in [1.165, 1.54) is 4.90 Å². The van der Waals surface area contributed by atoms with Crippen LogP contribution in [0, 0.1) is 0 Å². The number of carboxylic acid groups (broad SMARTS) is 1. The second-order valence-electron chi connectivity index (χ2n) is 5.62. The van der Waals surface area contributed by atoms with Crippen LogP contribution in [0.4, 0.5) is 4.79 Å². The number of hydrogen-bond acceptors (Lipinski definition) is 2. The second kappa shape index (κ2) is 4.43. The van der Waals surface area contributed by atoms with Crippen molar-refractivity contribution in [2.75, 3.05) is 0 Å². The van der Waals surface area contributed by atoms with Gasteiger partial charge in [0.25, 0.3) is 0 Å². The molecule has 0 aromatic carbocycles. The molecule has 5 heteroatoms. The van der Waals surface area contributed by atoms with Crippen molar-refractivity contribution in [1.82, 2.24) is 9.88 Å². The topological polar surface area (TPSA) is 53.4 Å². The van der Waals surface area contributed by atoms with Gasteiger partial charge in [-0.3, -0.25) is 4.90 Å². The molecule has 0 aliphatic heterocycles. The van der Waals surface area contributed by atoms with Gasteiger partial charge in [0.05, 0.1) is 0 Å². The Labute approximate surface area is 112 Å². The van der Waals surface area contributed by atoms with Crippen LogP contribution < -0.4 is 0 Å².